The Kier molecular flexibility index (Phi) is 16.3. The summed E-state index contributed by atoms with van der Waals surface area (Å²) in [6, 6.07) is 0. The van der Waals surface area contributed by atoms with E-state index in [1.807, 2.05) is 11.5 Å². The Bertz CT molecular complexity index is 1070. The highest BCUT2D eigenvalue weighted by Crippen LogP contribution is 2.31. The normalized spacial score (nSPS) is 21.4. The molecule has 0 aliphatic carbocycles. The molecule has 2 unspecified atom stereocenters. The molecule has 3 rings (SSSR count). The fourth-order valence-corrected chi connectivity index (χ4v) is 6.50. The third kappa shape index (κ3) is 13.1. The molecule has 3 heterocycles. The van der Waals surface area contributed by atoms with E-state index in [1.54, 1.807) is 13.0 Å². The van der Waals surface area contributed by atoms with Crippen LogP contribution in [0.1, 0.15) is 96.2 Å². The zero-order valence-corrected chi connectivity index (χ0v) is 27.1. The largest absolute Gasteiger partial charge is 0.456 e. The molecule has 0 aromatic carbocycles. The molecule has 2 atom stereocenters. The van der Waals surface area contributed by atoms with Gasteiger partial charge < -0.3 is 15.4 Å². The van der Waals surface area contributed by atoms with Crippen molar-refractivity contribution >= 4 is 62.8 Å². The third-order valence-corrected chi connectivity index (χ3v) is 9.08. The molecule has 0 spiro atoms. The van der Waals surface area contributed by atoms with Gasteiger partial charge in [-0.15, -0.1) is 23.1 Å². The number of carbonyl (C=O) groups is 4. The lowest BCUT2D eigenvalue weighted by atomic mass is 10.1. The second-order valence-electron chi connectivity index (χ2n) is 10.1. The lowest BCUT2D eigenvalue weighted by Gasteiger charge is -2.19. The van der Waals surface area contributed by atoms with Crippen molar-refractivity contribution in [2.75, 3.05) is 18.1 Å². The fraction of sp³-hybridized carbons (Fsp3) is 0.655. The van der Waals surface area contributed by atoms with Gasteiger partial charge in [0.25, 0.3) is 0 Å². The smallest absolute Gasteiger partial charge is 0.326 e. The van der Waals surface area contributed by atoms with E-state index in [2.05, 4.69) is 41.4 Å². The number of hydrogen-bond donors (Lipinski definition) is 2. The molecular weight excluding hydrogens is 581 g/mol. The summed E-state index contributed by atoms with van der Waals surface area (Å²) < 4.78 is 5.49. The van der Waals surface area contributed by atoms with Crippen LogP contribution in [-0.2, 0) is 30.5 Å². The van der Waals surface area contributed by atoms with Crippen molar-refractivity contribution in [1.82, 2.24) is 15.6 Å². The van der Waals surface area contributed by atoms with Crippen LogP contribution in [0.2, 0.25) is 0 Å². The first-order valence-electron chi connectivity index (χ1n) is 14.4. The van der Waals surface area contributed by atoms with Crippen LogP contribution in [0.5, 0.6) is 0 Å². The first-order valence-corrected chi connectivity index (χ1v) is 17.3. The molecule has 2 aliphatic rings. The molecule has 0 fully saturated rings. The van der Waals surface area contributed by atoms with E-state index in [9.17, 15) is 19.2 Å². The zero-order valence-electron chi connectivity index (χ0n) is 24.7. The van der Waals surface area contributed by atoms with E-state index in [4.69, 9.17) is 4.74 Å². The van der Waals surface area contributed by atoms with Crippen LogP contribution >= 0.6 is 34.9 Å². The summed E-state index contributed by atoms with van der Waals surface area (Å²) in [4.78, 5) is 59.0. The number of unbranched alkanes of at least 4 members (excludes halogenated alkanes) is 4. The van der Waals surface area contributed by atoms with E-state index in [0.29, 0.717) is 35.1 Å². The number of ether oxygens (including phenoxy) is 1. The van der Waals surface area contributed by atoms with Gasteiger partial charge in [-0.05, 0) is 25.8 Å². The summed E-state index contributed by atoms with van der Waals surface area (Å²) in [5, 5.41) is 8.89. The molecule has 0 saturated heterocycles. The Hall–Kier alpha value is -2.18. The van der Waals surface area contributed by atoms with E-state index < -0.39 is 17.6 Å². The van der Waals surface area contributed by atoms with E-state index in [-0.39, 0.29) is 36.4 Å². The molecule has 41 heavy (non-hydrogen) atoms. The molecule has 12 heteroatoms. The number of thiazole rings is 1. The first-order chi connectivity index (χ1) is 19.7. The van der Waals surface area contributed by atoms with Crippen LogP contribution in [0.3, 0.4) is 0 Å². The predicted molar refractivity (Wildman–Crippen MR) is 169 cm³/mol. The van der Waals surface area contributed by atoms with Gasteiger partial charge in [0.2, 0.25) is 11.8 Å². The van der Waals surface area contributed by atoms with Gasteiger partial charge in [0.15, 0.2) is 5.12 Å². The maximum absolute atomic E-state index is 12.8. The summed E-state index contributed by atoms with van der Waals surface area (Å²) in [6.45, 7) is 8.08. The quantitative estimate of drug-likeness (QED) is 0.201. The fourth-order valence-electron chi connectivity index (χ4n) is 3.80. The number of aromatic nitrogens is 1. The minimum absolute atomic E-state index is 0.0570. The number of esters is 1. The SMILES string of the molecule is CCC.CCCCCCCC(=O)SCC/C=C/C1CC(=O)NCc2nc(cs2)C2=NC(C)(CS2)C(=O)NCC(=O)O1. The number of cyclic esters (lactones) is 1. The van der Waals surface area contributed by atoms with Gasteiger partial charge in [0.1, 0.15) is 33.9 Å². The number of thioether (sulfide) groups is 2. The zero-order chi connectivity index (χ0) is 30.1. The Morgan fingerprint density at radius 1 is 1.15 bits per heavy atom. The van der Waals surface area contributed by atoms with Crippen molar-refractivity contribution in [3.05, 3.63) is 28.2 Å². The van der Waals surface area contributed by atoms with Crippen LogP contribution in [0, 0.1) is 0 Å². The predicted octanol–water partition coefficient (Wildman–Crippen LogP) is 5.43. The molecule has 4 bridgehead atoms. The highest BCUT2D eigenvalue weighted by molar-refractivity contribution is 8.14. The summed E-state index contributed by atoms with van der Waals surface area (Å²) in [6.07, 6.45) is 10.7. The Labute approximate surface area is 256 Å². The number of nitrogens with one attached hydrogen (secondary N) is 2. The summed E-state index contributed by atoms with van der Waals surface area (Å²) in [7, 11) is 0. The van der Waals surface area contributed by atoms with Crippen molar-refractivity contribution in [3.63, 3.8) is 0 Å². The third-order valence-electron chi connectivity index (χ3n) is 5.98. The van der Waals surface area contributed by atoms with Crippen LogP contribution in [0.25, 0.3) is 0 Å². The Morgan fingerprint density at radius 2 is 1.90 bits per heavy atom. The molecule has 9 nitrogen and oxygen atoms in total. The van der Waals surface area contributed by atoms with E-state index in [1.165, 1.54) is 60.5 Å². The molecule has 1 aromatic rings. The number of fused-ring (bicyclic) bond motifs is 4. The minimum atomic E-state index is -1.00. The molecule has 2 N–H and O–H groups in total. The number of amides is 2. The van der Waals surface area contributed by atoms with Gasteiger partial charge in [0.05, 0.1) is 13.0 Å². The lowest BCUT2D eigenvalue weighted by molar-refractivity contribution is -0.148. The molecule has 2 amide bonds. The van der Waals surface area contributed by atoms with Crippen molar-refractivity contribution in [1.29, 1.82) is 0 Å². The van der Waals surface area contributed by atoms with Gasteiger partial charge >= 0.3 is 5.97 Å². The number of hydrogen-bond acceptors (Lipinski definition) is 10. The molecular formula is C29H44N4O5S3. The minimum Gasteiger partial charge on any atom is -0.456 e. The van der Waals surface area contributed by atoms with Crippen LogP contribution < -0.4 is 10.6 Å². The monoisotopic (exact) mass is 624 g/mol. The van der Waals surface area contributed by atoms with Crippen LogP contribution in [0.15, 0.2) is 22.5 Å². The number of nitrogens with zero attached hydrogens (tertiary/aromatic N) is 2. The van der Waals surface area contributed by atoms with Crippen LogP contribution in [-0.4, -0.2) is 62.6 Å². The Morgan fingerprint density at radius 3 is 2.66 bits per heavy atom. The summed E-state index contributed by atoms with van der Waals surface area (Å²) in [5.74, 6) is -0.220. The highest BCUT2D eigenvalue weighted by Gasteiger charge is 2.39. The average Bonchev–Trinajstić information content (AvgIpc) is 3.57. The van der Waals surface area contributed by atoms with E-state index in [0.717, 1.165) is 17.8 Å². The molecule has 1 aromatic heterocycles. The molecule has 0 saturated carbocycles. The highest BCUT2D eigenvalue weighted by atomic mass is 32.2. The topological polar surface area (TPSA) is 127 Å². The second-order valence-corrected chi connectivity index (χ2v) is 13.2. The summed E-state index contributed by atoms with van der Waals surface area (Å²) in [5.41, 5.74) is -0.319. The Balaban J connectivity index is 0.00000187. The number of rotatable bonds is 10. The van der Waals surface area contributed by atoms with Gasteiger partial charge in [-0.25, -0.2) is 4.98 Å². The van der Waals surface area contributed by atoms with Crippen molar-refractivity contribution in [3.8, 4) is 0 Å². The maximum atomic E-state index is 12.8. The summed E-state index contributed by atoms with van der Waals surface area (Å²) >= 11 is 4.16. The number of aliphatic imine (C=N–C) groups is 1. The van der Waals surface area contributed by atoms with Crippen molar-refractivity contribution in [2.24, 2.45) is 4.99 Å². The van der Waals surface area contributed by atoms with Crippen molar-refractivity contribution in [2.45, 2.75) is 104 Å². The van der Waals surface area contributed by atoms with Gasteiger partial charge in [-0.1, -0.05) is 70.7 Å². The van der Waals surface area contributed by atoms with Gasteiger partial charge in [-0.2, -0.15) is 0 Å². The van der Waals surface area contributed by atoms with Crippen molar-refractivity contribution < 1.29 is 23.9 Å². The maximum Gasteiger partial charge on any atom is 0.326 e. The second kappa shape index (κ2) is 19.1. The molecule has 0 radical (unpaired) electrons. The number of carbonyl (C=O) groups excluding carboxylic acids is 4. The molecule has 2 aliphatic heterocycles. The van der Waals surface area contributed by atoms with Crippen LogP contribution in [0.4, 0.5) is 0 Å². The van der Waals surface area contributed by atoms with Gasteiger partial charge in [-0.3, -0.25) is 24.2 Å². The first kappa shape index (κ1) is 35.0. The van der Waals surface area contributed by atoms with E-state index >= 15 is 0 Å². The standard InChI is InChI=1S/C26H36N4O5S3.C3H8/c1-3-4-5-6-7-11-23(33)36-12-9-8-10-18-13-20(31)27-14-21-29-19(16-37-21)24-30-26(2,17-38-24)25(34)28-15-22(32)35-18;1-3-2/h8,10,16,18H,3-7,9,11-15,17H2,1-2H3,(H,27,31)(H,28,34);3H2,1-2H3/b10-8+;. The van der Waals surface area contributed by atoms with Gasteiger partial charge in [0, 0.05) is 23.3 Å². The average molecular weight is 625 g/mol. The molecule has 228 valence electrons. The number of allylic oxidation sites excluding steroid dienone is 1. The lowest BCUT2D eigenvalue weighted by Crippen LogP contribution is -2.46.